The summed E-state index contributed by atoms with van der Waals surface area (Å²) in [6.07, 6.45) is 14.4. The van der Waals surface area contributed by atoms with E-state index >= 15 is 0 Å². The molecule has 1 nitrogen and oxygen atoms in total. The van der Waals surface area contributed by atoms with Crippen LogP contribution in [0.4, 0.5) is 0 Å². The smallest absolute Gasteiger partial charge is 0.0928 e. The SMILES string of the molecule is CC1CCC(C(C)C)C(CCOC2([Si](C)(C)C)C=CC=C2)C1. The molecule has 0 spiro atoms. The predicted octanol–water partition coefficient (Wildman–Crippen LogP) is 5.84. The van der Waals surface area contributed by atoms with Crippen molar-refractivity contribution in [3.05, 3.63) is 24.3 Å². The molecular weight excluding hydrogens is 284 g/mol. The third kappa shape index (κ3) is 3.94. The molecule has 0 aromatic carbocycles. The van der Waals surface area contributed by atoms with E-state index in [9.17, 15) is 0 Å². The van der Waals surface area contributed by atoms with Gasteiger partial charge in [-0.2, -0.15) is 0 Å². The lowest BCUT2D eigenvalue weighted by atomic mass is 9.69. The standard InChI is InChI=1S/C20H36OSi/c1-16(2)19-10-9-17(3)15-18(19)11-14-21-20(22(4,5)6)12-7-8-13-20/h7-8,12-13,16-19H,9-11,14-15H2,1-6H3. The minimum atomic E-state index is -1.41. The Labute approximate surface area is 139 Å². The van der Waals surface area contributed by atoms with E-state index in [4.69, 9.17) is 4.74 Å². The average Bonchev–Trinajstić information content (AvgIpc) is 2.88. The Balaban J connectivity index is 1.94. The monoisotopic (exact) mass is 320 g/mol. The summed E-state index contributed by atoms with van der Waals surface area (Å²) in [6.45, 7) is 15.4. The maximum Gasteiger partial charge on any atom is 0.0928 e. The molecule has 0 N–H and O–H groups in total. The zero-order valence-corrected chi connectivity index (χ0v) is 16.6. The molecule has 2 rings (SSSR count). The average molecular weight is 321 g/mol. The predicted molar refractivity (Wildman–Crippen MR) is 99.8 cm³/mol. The van der Waals surface area contributed by atoms with Gasteiger partial charge in [-0.15, -0.1) is 0 Å². The van der Waals surface area contributed by atoms with Gasteiger partial charge in [0.1, 0.15) is 0 Å². The molecule has 0 bridgehead atoms. The van der Waals surface area contributed by atoms with E-state index in [1.54, 1.807) is 0 Å². The summed E-state index contributed by atoms with van der Waals surface area (Å²) in [6, 6.07) is 0. The van der Waals surface area contributed by atoms with Gasteiger partial charge in [0.05, 0.1) is 13.3 Å². The van der Waals surface area contributed by atoms with Crippen LogP contribution in [0.3, 0.4) is 0 Å². The van der Waals surface area contributed by atoms with Crippen molar-refractivity contribution in [2.45, 2.75) is 71.3 Å². The fourth-order valence-corrected chi connectivity index (χ4v) is 6.10. The van der Waals surface area contributed by atoms with Crippen LogP contribution in [-0.2, 0) is 4.74 Å². The molecule has 1 saturated carbocycles. The molecule has 0 amide bonds. The number of ether oxygens (including phenoxy) is 1. The highest BCUT2D eigenvalue weighted by atomic mass is 28.3. The van der Waals surface area contributed by atoms with Gasteiger partial charge in [-0.1, -0.05) is 71.1 Å². The van der Waals surface area contributed by atoms with E-state index in [2.05, 4.69) is 64.7 Å². The van der Waals surface area contributed by atoms with E-state index < -0.39 is 8.07 Å². The summed E-state index contributed by atoms with van der Waals surface area (Å²) in [5, 5.41) is -0.0688. The molecule has 2 aliphatic rings. The van der Waals surface area contributed by atoms with Crippen molar-refractivity contribution in [3.63, 3.8) is 0 Å². The van der Waals surface area contributed by atoms with E-state index in [1.807, 2.05) is 0 Å². The van der Waals surface area contributed by atoms with Crippen molar-refractivity contribution in [3.8, 4) is 0 Å². The first-order valence-electron chi connectivity index (χ1n) is 9.26. The van der Waals surface area contributed by atoms with E-state index in [1.165, 1.54) is 25.7 Å². The highest BCUT2D eigenvalue weighted by molar-refractivity contribution is 6.80. The van der Waals surface area contributed by atoms with Crippen molar-refractivity contribution in [2.75, 3.05) is 6.61 Å². The molecule has 0 aliphatic heterocycles. The molecule has 2 heteroatoms. The summed E-state index contributed by atoms with van der Waals surface area (Å²) in [5.74, 6) is 3.47. The molecular formula is C20H36OSi. The highest BCUT2D eigenvalue weighted by Crippen LogP contribution is 2.40. The largest absolute Gasteiger partial charge is 0.371 e. The molecule has 3 atom stereocenters. The molecule has 3 unspecified atom stereocenters. The molecule has 0 aromatic heterocycles. The van der Waals surface area contributed by atoms with Gasteiger partial charge < -0.3 is 4.74 Å². The maximum absolute atomic E-state index is 6.51. The highest BCUT2D eigenvalue weighted by Gasteiger charge is 2.42. The van der Waals surface area contributed by atoms with Crippen LogP contribution >= 0.6 is 0 Å². The zero-order chi connectivity index (χ0) is 16.4. The zero-order valence-electron chi connectivity index (χ0n) is 15.6. The van der Waals surface area contributed by atoms with Gasteiger partial charge in [0.2, 0.25) is 0 Å². The lowest BCUT2D eigenvalue weighted by Crippen LogP contribution is -2.51. The van der Waals surface area contributed by atoms with Gasteiger partial charge in [-0.05, 0) is 42.9 Å². The van der Waals surface area contributed by atoms with E-state index in [-0.39, 0.29) is 5.22 Å². The fourth-order valence-electron chi connectivity index (χ4n) is 4.38. The molecule has 0 aromatic rings. The van der Waals surface area contributed by atoms with Crippen LogP contribution in [0.15, 0.2) is 24.3 Å². The second-order valence-electron chi connectivity index (χ2n) is 8.98. The summed E-state index contributed by atoms with van der Waals surface area (Å²) < 4.78 is 6.51. The normalized spacial score (nSPS) is 31.1. The lowest BCUT2D eigenvalue weighted by Gasteiger charge is -2.40. The minimum absolute atomic E-state index is 0.0688. The summed E-state index contributed by atoms with van der Waals surface area (Å²) in [4.78, 5) is 0. The lowest BCUT2D eigenvalue weighted by molar-refractivity contribution is 0.0440. The number of allylic oxidation sites excluding steroid dienone is 2. The number of rotatable bonds is 6. The summed E-state index contributed by atoms with van der Waals surface area (Å²) in [5.41, 5.74) is 0. The molecule has 1 fully saturated rings. The first kappa shape index (κ1) is 18.0. The topological polar surface area (TPSA) is 9.23 Å². The van der Waals surface area contributed by atoms with Gasteiger partial charge in [0, 0.05) is 6.61 Å². The van der Waals surface area contributed by atoms with Gasteiger partial charge in [-0.3, -0.25) is 0 Å². The van der Waals surface area contributed by atoms with Gasteiger partial charge in [0.25, 0.3) is 0 Å². The van der Waals surface area contributed by atoms with E-state index in [0.717, 1.165) is 30.3 Å². The van der Waals surface area contributed by atoms with Gasteiger partial charge >= 0.3 is 0 Å². The van der Waals surface area contributed by atoms with Crippen LogP contribution in [-0.4, -0.2) is 19.9 Å². The van der Waals surface area contributed by atoms with Crippen LogP contribution in [0.25, 0.3) is 0 Å². The molecule has 0 heterocycles. The Morgan fingerprint density at radius 2 is 1.77 bits per heavy atom. The Bertz CT molecular complexity index is 404. The Hall–Kier alpha value is -0.343. The van der Waals surface area contributed by atoms with Crippen LogP contribution in [0.2, 0.25) is 19.6 Å². The van der Waals surface area contributed by atoms with Crippen LogP contribution in [0, 0.1) is 23.7 Å². The van der Waals surface area contributed by atoms with Crippen molar-refractivity contribution in [1.82, 2.24) is 0 Å². The van der Waals surface area contributed by atoms with Crippen molar-refractivity contribution < 1.29 is 4.74 Å². The first-order valence-corrected chi connectivity index (χ1v) is 12.8. The van der Waals surface area contributed by atoms with Crippen LogP contribution in [0.5, 0.6) is 0 Å². The first-order chi connectivity index (χ1) is 10.3. The summed E-state index contributed by atoms with van der Waals surface area (Å²) >= 11 is 0. The minimum Gasteiger partial charge on any atom is -0.371 e. The van der Waals surface area contributed by atoms with Gasteiger partial charge in [-0.25, -0.2) is 0 Å². The summed E-state index contributed by atoms with van der Waals surface area (Å²) in [7, 11) is -1.41. The van der Waals surface area contributed by atoms with Gasteiger partial charge in [0.15, 0.2) is 0 Å². The second-order valence-corrected chi connectivity index (χ2v) is 14.3. The fraction of sp³-hybridized carbons (Fsp3) is 0.800. The number of hydrogen-bond donors (Lipinski definition) is 0. The van der Waals surface area contributed by atoms with Crippen LogP contribution in [0.1, 0.15) is 46.5 Å². The molecule has 126 valence electrons. The second kappa shape index (κ2) is 7.05. The van der Waals surface area contributed by atoms with Crippen molar-refractivity contribution in [2.24, 2.45) is 23.7 Å². The molecule has 2 aliphatic carbocycles. The third-order valence-electron chi connectivity index (χ3n) is 5.96. The maximum atomic E-state index is 6.51. The Morgan fingerprint density at radius 3 is 2.32 bits per heavy atom. The van der Waals surface area contributed by atoms with Crippen LogP contribution < -0.4 is 0 Å². The van der Waals surface area contributed by atoms with Crippen molar-refractivity contribution in [1.29, 1.82) is 0 Å². The number of hydrogen-bond acceptors (Lipinski definition) is 1. The Morgan fingerprint density at radius 1 is 1.14 bits per heavy atom. The Kier molecular flexibility index (Phi) is 5.77. The molecule has 0 radical (unpaired) electrons. The molecule has 22 heavy (non-hydrogen) atoms. The quantitative estimate of drug-likeness (QED) is 0.558. The van der Waals surface area contributed by atoms with E-state index in [0.29, 0.717) is 0 Å². The van der Waals surface area contributed by atoms with Crippen molar-refractivity contribution >= 4 is 8.07 Å². The molecule has 0 saturated heterocycles. The third-order valence-corrected chi connectivity index (χ3v) is 8.78.